The molecule has 1 amide bonds. The third-order valence-electron chi connectivity index (χ3n) is 6.29. The lowest BCUT2D eigenvalue weighted by Crippen LogP contribution is -2.57. The first-order valence-corrected chi connectivity index (χ1v) is 10.5. The molecule has 0 aliphatic carbocycles. The number of amides is 1. The highest BCUT2D eigenvalue weighted by molar-refractivity contribution is 5.76. The monoisotopic (exact) mass is 411 g/mol. The van der Waals surface area contributed by atoms with Crippen molar-refractivity contribution in [2.75, 3.05) is 24.5 Å². The number of ether oxygens (including phenoxy) is 1. The van der Waals surface area contributed by atoms with Crippen LogP contribution < -0.4 is 4.90 Å². The molecule has 3 heterocycles. The van der Waals surface area contributed by atoms with Gasteiger partial charge in [-0.25, -0.2) is 4.79 Å². The average Bonchev–Trinajstić information content (AvgIpc) is 3.40. The quantitative estimate of drug-likeness (QED) is 0.500. The van der Waals surface area contributed by atoms with Crippen molar-refractivity contribution in [3.05, 3.63) is 96.1 Å². The number of fused-ring (bicyclic) bond motifs is 2. The number of carbonyl (C=O) groups is 1. The molecule has 2 aliphatic rings. The number of oxazole rings is 1. The summed E-state index contributed by atoms with van der Waals surface area (Å²) < 4.78 is 12.3. The van der Waals surface area contributed by atoms with Crippen molar-refractivity contribution in [3.8, 4) is 0 Å². The number of para-hydroxylation sites is 2. The minimum atomic E-state index is -0.899. The lowest BCUT2D eigenvalue weighted by Gasteiger charge is -2.41. The van der Waals surface area contributed by atoms with Gasteiger partial charge in [-0.05, 0) is 12.1 Å². The zero-order valence-electron chi connectivity index (χ0n) is 16.8. The highest BCUT2D eigenvalue weighted by Gasteiger charge is 2.58. The van der Waals surface area contributed by atoms with E-state index in [1.54, 1.807) is 0 Å². The van der Waals surface area contributed by atoms with Crippen molar-refractivity contribution in [2.24, 2.45) is 0 Å². The van der Waals surface area contributed by atoms with E-state index in [2.05, 4.69) is 9.88 Å². The van der Waals surface area contributed by atoms with Crippen LogP contribution in [0, 0.1) is 0 Å². The molecule has 0 N–H and O–H groups in total. The van der Waals surface area contributed by atoms with Crippen LogP contribution >= 0.6 is 0 Å². The fraction of sp³-hybridized carbons (Fsp3) is 0.200. The van der Waals surface area contributed by atoms with Gasteiger partial charge in [-0.1, -0.05) is 72.8 Å². The molecule has 1 atom stereocenters. The van der Waals surface area contributed by atoms with Crippen LogP contribution in [0.3, 0.4) is 0 Å². The molecule has 1 unspecified atom stereocenters. The Balaban J connectivity index is 1.46. The maximum absolute atomic E-state index is 13.0. The first-order chi connectivity index (χ1) is 15.3. The van der Waals surface area contributed by atoms with Gasteiger partial charge in [0.2, 0.25) is 0 Å². The summed E-state index contributed by atoms with van der Waals surface area (Å²) in [5.41, 5.74) is 2.61. The fourth-order valence-corrected chi connectivity index (χ4v) is 4.82. The van der Waals surface area contributed by atoms with E-state index >= 15 is 0 Å². The topological polar surface area (TPSA) is 58.8 Å². The Labute approximate surface area is 179 Å². The lowest BCUT2D eigenvalue weighted by molar-refractivity contribution is 0.0676. The van der Waals surface area contributed by atoms with Crippen LogP contribution in [0.25, 0.3) is 11.1 Å². The molecule has 0 bridgehead atoms. The van der Waals surface area contributed by atoms with E-state index in [0.717, 1.165) is 22.2 Å². The predicted molar refractivity (Wildman–Crippen MR) is 117 cm³/mol. The van der Waals surface area contributed by atoms with E-state index in [9.17, 15) is 4.79 Å². The number of hydrogen-bond donors (Lipinski definition) is 0. The molecule has 0 radical (unpaired) electrons. The second-order valence-electron chi connectivity index (χ2n) is 7.96. The van der Waals surface area contributed by atoms with Crippen molar-refractivity contribution in [1.82, 2.24) is 9.88 Å². The second-order valence-corrected chi connectivity index (χ2v) is 7.96. The molecular formula is C25H21N3O3. The largest absolute Gasteiger partial charge is 0.431 e. The third-order valence-corrected chi connectivity index (χ3v) is 6.29. The SMILES string of the molecule is O=C1OC(c2ccccc2)(c2ccccc2)C2CN(c3nc4ccccc4o3)CCN12. The standard InChI is InChI=1S/C25H21N3O3/c29-24-28-16-15-27(23-26-20-13-7-8-14-21(20)30-23)17-22(28)25(31-24,18-9-3-1-4-10-18)19-11-5-2-6-12-19/h1-14,22H,15-17H2. The molecule has 6 heteroatoms. The van der Waals surface area contributed by atoms with E-state index in [1.807, 2.05) is 89.8 Å². The molecule has 2 fully saturated rings. The predicted octanol–water partition coefficient (Wildman–Crippen LogP) is 4.41. The first-order valence-electron chi connectivity index (χ1n) is 10.5. The van der Waals surface area contributed by atoms with Crippen LogP contribution in [0.5, 0.6) is 0 Å². The number of cyclic esters (lactones) is 1. The number of nitrogens with zero attached hydrogens (tertiary/aromatic N) is 3. The molecule has 2 saturated heterocycles. The Morgan fingerprint density at radius 2 is 1.48 bits per heavy atom. The number of anilines is 1. The van der Waals surface area contributed by atoms with Crippen LogP contribution in [0.1, 0.15) is 11.1 Å². The lowest BCUT2D eigenvalue weighted by atomic mass is 9.79. The minimum absolute atomic E-state index is 0.214. The highest BCUT2D eigenvalue weighted by atomic mass is 16.6. The number of rotatable bonds is 3. The van der Waals surface area contributed by atoms with Gasteiger partial charge in [-0.15, -0.1) is 0 Å². The van der Waals surface area contributed by atoms with Gasteiger partial charge in [0.25, 0.3) is 6.01 Å². The summed E-state index contributed by atoms with van der Waals surface area (Å²) in [7, 11) is 0. The maximum atomic E-state index is 13.0. The highest BCUT2D eigenvalue weighted by Crippen LogP contribution is 2.46. The van der Waals surface area contributed by atoms with Gasteiger partial charge in [0.05, 0.1) is 0 Å². The van der Waals surface area contributed by atoms with Gasteiger partial charge in [0, 0.05) is 30.8 Å². The van der Waals surface area contributed by atoms with Gasteiger partial charge in [0.1, 0.15) is 11.6 Å². The average molecular weight is 411 g/mol. The summed E-state index contributed by atoms with van der Waals surface area (Å²) in [6, 6.07) is 28.1. The zero-order valence-corrected chi connectivity index (χ0v) is 16.8. The summed E-state index contributed by atoms with van der Waals surface area (Å²) in [6.45, 7) is 1.74. The van der Waals surface area contributed by atoms with Crippen molar-refractivity contribution >= 4 is 23.2 Å². The number of benzene rings is 3. The number of aromatic nitrogens is 1. The Morgan fingerprint density at radius 1 is 0.839 bits per heavy atom. The second kappa shape index (κ2) is 6.87. The van der Waals surface area contributed by atoms with E-state index < -0.39 is 5.60 Å². The van der Waals surface area contributed by atoms with Crippen molar-refractivity contribution in [2.45, 2.75) is 11.6 Å². The summed E-state index contributed by atoms with van der Waals surface area (Å²) >= 11 is 0. The molecular weight excluding hydrogens is 390 g/mol. The maximum Gasteiger partial charge on any atom is 0.411 e. The molecule has 2 aliphatic heterocycles. The number of carbonyl (C=O) groups excluding carboxylic acids is 1. The van der Waals surface area contributed by atoms with Crippen LogP contribution in [-0.4, -0.2) is 41.7 Å². The molecule has 1 aromatic heterocycles. The zero-order chi connectivity index (χ0) is 20.8. The summed E-state index contributed by atoms with van der Waals surface area (Å²) in [5.74, 6) is 0. The Bertz CT molecular complexity index is 1170. The Hall–Kier alpha value is -3.80. The van der Waals surface area contributed by atoms with Gasteiger partial charge in [-0.2, -0.15) is 4.98 Å². The normalized spacial score (nSPS) is 20.0. The van der Waals surface area contributed by atoms with Gasteiger partial charge < -0.3 is 14.1 Å². The summed E-state index contributed by atoms with van der Waals surface area (Å²) in [6.07, 6.45) is -0.282. The molecule has 31 heavy (non-hydrogen) atoms. The molecule has 154 valence electrons. The molecule has 0 spiro atoms. The van der Waals surface area contributed by atoms with E-state index in [-0.39, 0.29) is 12.1 Å². The van der Waals surface area contributed by atoms with Gasteiger partial charge >= 0.3 is 6.09 Å². The minimum Gasteiger partial charge on any atom is -0.431 e. The fourth-order valence-electron chi connectivity index (χ4n) is 4.82. The first kappa shape index (κ1) is 18.0. The van der Waals surface area contributed by atoms with Gasteiger partial charge in [-0.3, -0.25) is 4.90 Å². The number of piperazine rings is 1. The molecule has 4 aromatic rings. The smallest absolute Gasteiger partial charge is 0.411 e. The van der Waals surface area contributed by atoms with Crippen molar-refractivity contribution < 1.29 is 13.9 Å². The third kappa shape index (κ3) is 2.71. The van der Waals surface area contributed by atoms with Crippen LogP contribution in [-0.2, 0) is 10.3 Å². The number of hydrogen-bond acceptors (Lipinski definition) is 5. The molecule has 3 aromatic carbocycles. The van der Waals surface area contributed by atoms with Crippen LogP contribution in [0.4, 0.5) is 10.8 Å². The van der Waals surface area contributed by atoms with Crippen LogP contribution in [0.15, 0.2) is 89.3 Å². The summed E-state index contributed by atoms with van der Waals surface area (Å²) in [4.78, 5) is 21.6. The summed E-state index contributed by atoms with van der Waals surface area (Å²) in [5, 5.41) is 0. The molecule has 6 nitrogen and oxygen atoms in total. The van der Waals surface area contributed by atoms with Crippen molar-refractivity contribution in [3.63, 3.8) is 0 Å². The van der Waals surface area contributed by atoms with E-state index in [0.29, 0.717) is 25.6 Å². The molecule has 6 rings (SSSR count). The van der Waals surface area contributed by atoms with Crippen molar-refractivity contribution in [1.29, 1.82) is 0 Å². The van der Waals surface area contributed by atoms with Gasteiger partial charge in [0.15, 0.2) is 11.2 Å². The van der Waals surface area contributed by atoms with Crippen LogP contribution in [0.2, 0.25) is 0 Å². The van der Waals surface area contributed by atoms with E-state index in [1.165, 1.54) is 0 Å². The van der Waals surface area contributed by atoms with E-state index in [4.69, 9.17) is 9.15 Å². The Morgan fingerprint density at radius 3 is 2.16 bits per heavy atom. The molecule has 0 saturated carbocycles. The Kier molecular flexibility index (Phi) is 3.99.